The zero-order valence-electron chi connectivity index (χ0n) is 12.6. The third-order valence-electron chi connectivity index (χ3n) is 4.66. The van der Waals surface area contributed by atoms with Crippen LogP contribution in [0.15, 0.2) is 18.2 Å². The van der Waals surface area contributed by atoms with Crippen molar-refractivity contribution in [3.63, 3.8) is 0 Å². The molecule has 1 amide bonds. The van der Waals surface area contributed by atoms with Gasteiger partial charge in [-0.25, -0.2) is 4.39 Å². The Bertz CT molecular complexity index is 526. The molecule has 0 aromatic heterocycles. The van der Waals surface area contributed by atoms with E-state index in [4.69, 9.17) is 0 Å². The molecule has 2 fully saturated rings. The Kier molecular flexibility index (Phi) is 4.24. The van der Waals surface area contributed by atoms with E-state index in [0.717, 1.165) is 44.6 Å². The van der Waals surface area contributed by atoms with E-state index in [9.17, 15) is 9.18 Å². The molecule has 114 valence electrons. The number of carbonyl (C=O) groups excluding carboxylic acids is 1. The minimum Gasteiger partial charge on any atom is -0.334 e. The summed E-state index contributed by atoms with van der Waals surface area (Å²) in [6.07, 6.45) is 4.58. The van der Waals surface area contributed by atoms with Gasteiger partial charge in [-0.3, -0.25) is 4.79 Å². The number of nitrogens with zero attached hydrogens (tertiary/aromatic N) is 2. The standard InChI is InChI=1S/C17H23FN2O/c1-13-6-7-16(18)15(11-13)17(21)20-10-4-5-14(20)12-19-8-2-3-9-19/h6-7,11,14H,2-5,8-10,12H2,1H3. The molecule has 0 spiro atoms. The summed E-state index contributed by atoms with van der Waals surface area (Å²) in [5.74, 6) is -0.546. The Balaban J connectivity index is 1.74. The Morgan fingerprint density at radius 3 is 2.76 bits per heavy atom. The summed E-state index contributed by atoms with van der Waals surface area (Å²) in [5.41, 5.74) is 1.15. The van der Waals surface area contributed by atoms with Crippen molar-refractivity contribution in [3.05, 3.63) is 35.1 Å². The van der Waals surface area contributed by atoms with Gasteiger partial charge in [0.1, 0.15) is 5.82 Å². The van der Waals surface area contributed by atoms with Gasteiger partial charge in [-0.05, 0) is 57.8 Å². The Labute approximate surface area is 125 Å². The molecule has 21 heavy (non-hydrogen) atoms. The van der Waals surface area contributed by atoms with Crippen LogP contribution in [0, 0.1) is 12.7 Å². The average molecular weight is 290 g/mol. The first-order valence-corrected chi connectivity index (χ1v) is 7.94. The summed E-state index contributed by atoms with van der Waals surface area (Å²) < 4.78 is 13.9. The van der Waals surface area contributed by atoms with Crippen LogP contribution in [-0.4, -0.2) is 47.9 Å². The highest BCUT2D eigenvalue weighted by Gasteiger charge is 2.32. The van der Waals surface area contributed by atoms with Gasteiger partial charge >= 0.3 is 0 Å². The van der Waals surface area contributed by atoms with E-state index in [1.165, 1.54) is 18.9 Å². The molecule has 0 radical (unpaired) electrons. The second-order valence-electron chi connectivity index (χ2n) is 6.29. The number of halogens is 1. The van der Waals surface area contributed by atoms with Crippen molar-refractivity contribution in [3.8, 4) is 0 Å². The van der Waals surface area contributed by atoms with Gasteiger partial charge in [-0.15, -0.1) is 0 Å². The van der Waals surface area contributed by atoms with Crippen molar-refractivity contribution in [2.75, 3.05) is 26.2 Å². The average Bonchev–Trinajstić information content (AvgIpc) is 3.13. The van der Waals surface area contributed by atoms with Gasteiger partial charge in [-0.2, -0.15) is 0 Å². The van der Waals surface area contributed by atoms with Crippen LogP contribution in [0.2, 0.25) is 0 Å². The van der Waals surface area contributed by atoms with Gasteiger partial charge < -0.3 is 9.80 Å². The highest BCUT2D eigenvalue weighted by molar-refractivity contribution is 5.95. The molecule has 2 aliphatic rings. The van der Waals surface area contributed by atoms with Crippen LogP contribution < -0.4 is 0 Å². The number of carbonyl (C=O) groups is 1. The van der Waals surface area contributed by atoms with Gasteiger partial charge in [0.25, 0.3) is 5.91 Å². The molecule has 1 atom stereocenters. The summed E-state index contributed by atoms with van der Waals surface area (Å²) in [6.45, 7) is 5.86. The highest BCUT2D eigenvalue weighted by Crippen LogP contribution is 2.23. The van der Waals surface area contributed by atoms with Crippen LogP contribution in [0.3, 0.4) is 0 Å². The molecule has 1 unspecified atom stereocenters. The smallest absolute Gasteiger partial charge is 0.257 e. The van der Waals surface area contributed by atoms with Crippen LogP contribution >= 0.6 is 0 Å². The third kappa shape index (κ3) is 3.10. The topological polar surface area (TPSA) is 23.6 Å². The lowest BCUT2D eigenvalue weighted by Crippen LogP contribution is -2.42. The van der Waals surface area contributed by atoms with Crippen LogP contribution in [0.5, 0.6) is 0 Å². The molecule has 2 heterocycles. The van der Waals surface area contributed by atoms with Gasteiger partial charge in [0, 0.05) is 19.1 Å². The van der Waals surface area contributed by atoms with Crippen LogP contribution in [-0.2, 0) is 0 Å². The maximum atomic E-state index is 13.9. The summed E-state index contributed by atoms with van der Waals surface area (Å²) in [6, 6.07) is 5.02. The molecule has 0 N–H and O–H groups in total. The van der Waals surface area contributed by atoms with E-state index in [2.05, 4.69) is 4.90 Å². The van der Waals surface area contributed by atoms with Gasteiger partial charge in [0.2, 0.25) is 0 Å². The molecular formula is C17H23FN2O. The fourth-order valence-electron chi connectivity index (χ4n) is 3.51. The lowest BCUT2D eigenvalue weighted by Gasteiger charge is -2.28. The van der Waals surface area contributed by atoms with Crippen molar-refractivity contribution in [2.45, 2.75) is 38.6 Å². The fourth-order valence-corrected chi connectivity index (χ4v) is 3.51. The maximum Gasteiger partial charge on any atom is 0.257 e. The minimum atomic E-state index is -0.405. The molecule has 1 aromatic carbocycles. The lowest BCUT2D eigenvalue weighted by atomic mass is 10.1. The first kappa shape index (κ1) is 14.5. The SMILES string of the molecule is Cc1ccc(F)c(C(=O)N2CCCC2CN2CCCC2)c1. The molecule has 0 bridgehead atoms. The zero-order valence-corrected chi connectivity index (χ0v) is 12.6. The molecular weight excluding hydrogens is 267 g/mol. The van der Waals surface area contributed by atoms with E-state index in [1.54, 1.807) is 12.1 Å². The summed E-state index contributed by atoms with van der Waals surface area (Å²) in [5, 5.41) is 0. The molecule has 0 aliphatic carbocycles. The number of aryl methyl sites for hydroxylation is 1. The summed E-state index contributed by atoms with van der Waals surface area (Å²) in [4.78, 5) is 17.0. The Morgan fingerprint density at radius 1 is 1.24 bits per heavy atom. The normalized spacial score (nSPS) is 23.0. The van der Waals surface area contributed by atoms with Crippen molar-refractivity contribution in [2.24, 2.45) is 0 Å². The first-order valence-electron chi connectivity index (χ1n) is 7.94. The first-order chi connectivity index (χ1) is 10.1. The van der Waals surface area contributed by atoms with Crippen molar-refractivity contribution in [1.29, 1.82) is 0 Å². The highest BCUT2D eigenvalue weighted by atomic mass is 19.1. The number of amides is 1. The number of likely N-dealkylation sites (tertiary alicyclic amines) is 2. The minimum absolute atomic E-state index is 0.141. The van der Waals surface area contributed by atoms with E-state index in [1.807, 2.05) is 11.8 Å². The second kappa shape index (κ2) is 6.14. The Morgan fingerprint density at radius 2 is 2.00 bits per heavy atom. The lowest BCUT2D eigenvalue weighted by molar-refractivity contribution is 0.0704. The van der Waals surface area contributed by atoms with Crippen LogP contribution in [0.4, 0.5) is 4.39 Å². The predicted octanol–water partition coefficient (Wildman–Crippen LogP) is 2.83. The van der Waals surface area contributed by atoms with E-state index < -0.39 is 5.82 Å². The third-order valence-corrected chi connectivity index (χ3v) is 4.66. The van der Waals surface area contributed by atoms with E-state index in [0.29, 0.717) is 0 Å². The summed E-state index contributed by atoms with van der Waals surface area (Å²) >= 11 is 0. The summed E-state index contributed by atoms with van der Waals surface area (Å²) in [7, 11) is 0. The van der Waals surface area contributed by atoms with Crippen LogP contribution in [0.25, 0.3) is 0 Å². The second-order valence-corrected chi connectivity index (χ2v) is 6.29. The largest absolute Gasteiger partial charge is 0.334 e. The number of hydrogen-bond acceptors (Lipinski definition) is 2. The molecule has 2 saturated heterocycles. The number of hydrogen-bond donors (Lipinski definition) is 0. The molecule has 4 heteroatoms. The predicted molar refractivity (Wildman–Crippen MR) is 80.9 cm³/mol. The number of benzene rings is 1. The van der Waals surface area contributed by atoms with Gasteiger partial charge in [0.15, 0.2) is 0 Å². The Hall–Kier alpha value is -1.42. The number of rotatable bonds is 3. The molecule has 0 saturated carbocycles. The quantitative estimate of drug-likeness (QED) is 0.854. The fraction of sp³-hybridized carbons (Fsp3) is 0.588. The molecule has 2 aliphatic heterocycles. The van der Waals surface area contributed by atoms with Gasteiger partial charge in [-0.1, -0.05) is 11.6 Å². The zero-order chi connectivity index (χ0) is 14.8. The van der Waals surface area contributed by atoms with Gasteiger partial charge in [0.05, 0.1) is 5.56 Å². The van der Waals surface area contributed by atoms with Crippen LogP contribution in [0.1, 0.15) is 41.6 Å². The van der Waals surface area contributed by atoms with Crippen molar-refractivity contribution in [1.82, 2.24) is 9.80 Å². The van der Waals surface area contributed by atoms with Crippen molar-refractivity contribution >= 4 is 5.91 Å². The van der Waals surface area contributed by atoms with Crippen molar-refractivity contribution < 1.29 is 9.18 Å². The molecule has 3 nitrogen and oxygen atoms in total. The van der Waals surface area contributed by atoms with E-state index >= 15 is 0 Å². The monoisotopic (exact) mass is 290 g/mol. The maximum absolute atomic E-state index is 13.9. The van der Waals surface area contributed by atoms with E-state index in [-0.39, 0.29) is 17.5 Å². The molecule has 1 aromatic rings. The molecule has 3 rings (SSSR count).